The molecule has 1 rings (SSSR count). The highest BCUT2D eigenvalue weighted by atomic mass is 16.5. The molecule has 1 aliphatic rings. The predicted molar refractivity (Wildman–Crippen MR) is 49.0 cm³/mol. The van der Waals surface area contributed by atoms with E-state index in [-0.39, 0.29) is 11.7 Å². The van der Waals surface area contributed by atoms with Gasteiger partial charge < -0.3 is 9.84 Å². The normalized spacial score (nSPS) is 35.5. The Morgan fingerprint density at radius 1 is 1.42 bits per heavy atom. The number of ether oxygens (including phenoxy) is 1. The molecular formula is C10H20O2. The minimum atomic E-state index is -0.354. The maximum absolute atomic E-state index is 9.94. The van der Waals surface area contributed by atoms with Gasteiger partial charge in [-0.25, -0.2) is 0 Å². The fourth-order valence-corrected chi connectivity index (χ4v) is 1.91. The molecule has 2 nitrogen and oxygen atoms in total. The van der Waals surface area contributed by atoms with Crippen molar-refractivity contribution in [1.29, 1.82) is 0 Å². The molecule has 0 radical (unpaired) electrons. The molecular weight excluding hydrogens is 152 g/mol. The first-order valence-electron chi connectivity index (χ1n) is 4.77. The molecule has 1 aliphatic heterocycles. The molecule has 1 saturated heterocycles. The molecule has 0 aromatic rings. The molecule has 0 aromatic carbocycles. The van der Waals surface area contributed by atoms with E-state index in [1.54, 1.807) is 0 Å². The number of aliphatic hydroxyl groups is 1. The Hall–Kier alpha value is -0.0800. The second-order valence-electron chi connectivity index (χ2n) is 4.59. The van der Waals surface area contributed by atoms with Crippen LogP contribution in [0, 0.1) is 11.8 Å². The zero-order valence-electron chi connectivity index (χ0n) is 8.50. The highest BCUT2D eigenvalue weighted by Crippen LogP contribution is 2.33. The first-order valence-corrected chi connectivity index (χ1v) is 4.77. The molecule has 0 bridgehead atoms. The van der Waals surface area contributed by atoms with Crippen LogP contribution in [-0.2, 0) is 4.74 Å². The first-order chi connectivity index (χ1) is 5.45. The summed E-state index contributed by atoms with van der Waals surface area (Å²) >= 11 is 0. The first kappa shape index (κ1) is 10.0. The van der Waals surface area contributed by atoms with Gasteiger partial charge in [-0.05, 0) is 32.1 Å². The van der Waals surface area contributed by atoms with E-state index in [1.807, 2.05) is 13.8 Å². The molecule has 0 spiro atoms. The fraction of sp³-hybridized carbons (Fsp3) is 1.00. The summed E-state index contributed by atoms with van der Waals surface area (Å²) in [5.41, 5.74) is -0.354. The molecule has 1 heterocycles. The largest absolute Gasteiger partial charge is 0.390 e. The number of rotatable bonds is 1. The molecule has 0 aliphatic carbocycles. The van der Waals surface area contributed by atoms with Gasteiger partial charge >= 0.3 is 0 Å². The third-order valence-electron chi connectivity index (χ3n) is 2.90. The van der Waals surface area contributed by atoms with Crippen LogP contribution in [0.5, 0.6) is 0 Å². The van der Waals surface area contributed by atoms with Gasteiger partial charge in [0.05, 0.1) is 11.7 Å². The van der Waals surface area contributed by atoms with Crippen LogP contribution < -0.4 is 0 Å². The Kier molecular flexibility index (Phi) is 2.79. The Balaban J connectivity index is 2.66. The van der Waals surface area contributed by atoms with E-state index in [1.165, 1.54) is 0 Å². The molecule has 0 aromatic heterocycles. The monoisotopic (exact) mass is 172 g/mol. The fourth-order valence-electron chi connectivity index (χ4n) is 1.91. The topological polar surface area (TPSA) is 29.5 Å². The van der Waals surface area contributed by atoms with Crippen molar-refractivity contribution in [3.8, 4) is 0 Å². The van der Waals surface area contributed by atoms with Crippen LogP contribution in [0.3, 0.4) is 0 Å². The standard InChI is InChI=1S/C10H20O2/c1-7(2)8-5-6-12-10(3,4)9(8)11/h7-9,11H,5-6H2,1-4H3/t8-,9-/m0/s1. The van der Waals surface area contributed by atoms with E-state index in [0.717, 1.165) is 13.0 Å². The maximum atomic E-state index is 9.94. The zero-order chi connectivity index (χ0) is 9.35. The third-order valence-corrected chi connectivity index (χ3v) is 2.90. The molecule has 1 fully saturated rings. The smallest absolute Gasteiger partial charge is 0.0887 e. The average molecular weight is 172 g/mol. The van der Waals surface area contributed by atoms with Gasteiger partial charge in [0.2, 0.25) is 0 Å². The summed E-state index contributed by atoms with van der Waals surface area (Å²) in [6.45, 7) is 9.04. The number of aliphatic hydroxyl groups excluding tert-OH is 1. The molecule has 1 N–H and O–H groups in total. The maximum Gasteiger partial charge on any atom is 0.0887 e. The average Bonchev–Trinajstić information content (AvgIpc) is 1.94. The molecule has 0 saturated carbocycles. The summed E-state index contributed by atoms with van der Waals surface area (Å²) in [6, 6.07) is 0. The minimum Gasteiger partial charge on any atom is -0.390 e. The molecule has 12 heavy (non-hydrogen) atoms. The lowest BCUT2D eigenvalue weighted by Gasteiger charge is -2.42. The molecule has 2 heteroatoms. The van der Waals surface area contributed by atoms with Gasteiger partial charge in [-0.3, -0.25) is 0 Å². The summed E-state index contributed by atoms with van der Waals surface area (Å²) in [7, 11) is 0. The highest BCUT2D eigenvalue weighted by Gasteiger charge is 2.39. The summed E-state index contributed by atoms with van der Waals surface area (Å²) < 4.78 is 5.51. The van der Waals surface area contributed by atoms with Crippen molar-refractivity contribution >= 4 is 0 Å². The number of hydrogen-bond donors (Lipinski definition) is 1. The molecule has 72 valence electrons. The van der Waals surface area contributed by atoms with Crippen molar-refractivity contribution < 1.29 is 9.84 Å². The lowest BCUT2D eigenvalue weighted by Crippen LogP contribution is -2.49. The van der Waals surface area contributed by atoms with Gasteiger partial charge in [0, 0.05) is 6.61 Å². The SMILES string of the molecule is CC(C)[C@@H]1CCOC(C)(C)[C@H]1O. The van der Waals surface area contributed by atoms with Gasteiger partial charge in [0.1, 0.15) is 0 Å². The molecule has 0 amide bonds. The van der Waals surface area contributed by atoms with Crippen molar-refractivity contribution in [3.05, 3.63) is 0 Å². The number of hydrogen-bond acceptors (Lipinski definition) is 2. The second-order valence-corrected chi connectivity index (χ2v) is 4.59. The van der Waals surface area contributed by atoms with Crippen molar-refractivity contribution in [2.24, 2.45) is 11.8 Å². The van der Waals surface area contributed by atoms with Crippen molar-refractivity contribution in [3.63, 3.8) is 0 Å². The van der Waals surface area contributed by atoms with Crippen LogP contribution >= 0.6 is 0 Å². The van der Waals surface area contributed by atoms with E-state index in [2.05, 4.69) is 13.8 Å². The Morgan fingerprint density at radius 3 is 2.42 bits per heavy atom. The van der Waals surface area contributed by atoms with Crippen molar-refractivity contribution in [1.82, 2.24) is 0 Å². The zero-order valence-corrected chi connectivity index (χ0v) is 8.50. The quantitative estimate of drug-likeness (QED) is 0.653. The lowest BCUT2D eigenvalue weighted by atomic mass is 9.78. The molecule has 0 unspecified atom stereocenters. The summed E-state index contributed by atoms with van der Waals surface area (Å²) in [5.74, 6) is 0.942. The van der Waals surface area contributed by atoms with Crippen molar-refractivity contribution in [2.75, 3.05) is 6.61 Å². The van der Waals surface area contributed by atoms with Gasteiger partial charge in [-0.15, -0.1) is 0 Å². The Bertz CT molecular complexity index is 152. The highest BCUT2D eigenvalue weighted by molar-refractivity contribution is 4.89. The van der Waals surface area contributed by atoms with E-state index in [9.17, 15) is 5.11 Å². The third kappa shape index (κ3) is 1.80. The Morgan fingerprint density at radius 2 is 2.00 bits per heavy atom. The van der Waals surface area contributed by atoms with Crippen LogP contribution in [0.25, 0.3) is 0 Å². The minimum absolute atomic E-state index is 0.314. The van der Waals surface area contributed by atoms with Crippen LogP contribution in [0.4, 0.5) is 0 Å². The van der Waals surface area contributed by atoms with Crippen LogP contribution in [0.15, 0.2) is 0 Å². The molecule has 2 atom stereocenters. The van der Waals surface area contributed by atoms with Crippen LogP contribution in [0.1, 0.15) is 34.1 Å². The van der Waals surface area contributed by atoms with Gasteiger partial charge in [-0.2, -0.15) is 0 Å². The van der Waals surface area contributed by atoms with E-state index in [0.29, 0.717) is 11.8 Å². The van der Waals surface area contributed by atoms with Crippen molar-refractivity contribution in [2.45, 2.75) is 45.8 Å². The van der Waals surface area contributed by atoms with Gasteiger partial charge in [0.25, 0.3) is 0 Å². The lowest BCUT2D eigenvalue weighted by molar-refractivity contribution is -0.166. The Labute approximate surface area is 74.9 Å². The second kappa shape index (κ2) is 3.35. The van der Waals surface area contributed by atoms with Crippen LogP contribution in [0.2, 0.25) is 0 Å². The summed E-state index contributed by atoms with van der Waals surface area (Å²) in [4.78, 5) is 0. The predicted octanol–water partition coefficient (Wildman–Crippen LogP) is 1.82. The summed E-state index contributed by atoms with van der Waals surface area (Å²) in [5, 5.41) is 9.94. The van der Waals surface area contributed by atoms with E-state index < -0.39 is 0 Å². The summed E-state index contributed by atoms with van der Waals surface area (Å²) in [6.07, 6.45) is 0.675. The van der Waals surface area contributed by atoms with E-state index >= 15 is 0 Å². The van der Waals surface area contributed by atoms with Crippen LogP contribution in [-0.4, -0.2) is 23.4 Å². The van der Waals surface area contributed by atoms with E-state index in [4.69, 9.17) is 4.74 Å². The van der Waals surface area contributed by atoms with Gasteiger partial charge in [-0.1, -0.05) is 13.8 Å². The van der Waals surface area contributed by atoms with Gasteiger partial charge in [0.15, 0.2) is 0 Å².